The molecule has 0 saturated carbocycles. The molecule has 1 N–H and O–H groups in total. The molecule has 1 aliphatic rings. The summed E-state index contributed by atoms with van der Waals surface area (Å²) < 4.78 is 16.1. The van der Waals surface area contributed by atoms with Crippen molar-refractivity contribution >= 4 is 11.8 Å². The first-order chi connectivity index (χ1) is 8.40. The molecule has 94 valence electrons. The number of fused-ring (bicyclic) bond motifs is 1. The standard InChI is InChI=1S/C12H16O4S/c13-3-4-14-7-8-17-10-1-2-11-12(9-10)16-6-5-15-11/h1-2,9,13H,3-8H2. The number of thioether (sulfide) groups is 1. The number of hydrogen-bond donors (Lipinski definition) is 1. The van der Waals surface area contributed by atoms with Crippen LogP contribution in [0, 0.1) is 0 Å². The summed E-state index contributed by atoms with van der Waals surface area (Å²) in [5.41, 5.74) is 0. The minimum atomic E-state index is 0.0781. The third-order valence-electron chi connectivity index (χ3n) is 2.25. The van der Waals surface area contributed by atoms with Crippen molar-refractivity contribution in [3.8, 4) is 11.5 Å². The first-order valence-electron chi connectivity index (χ1n) is 5.61. The van der Waals surface area contributed by atoms with Crippen molar-refractivity contribution in [3.05, 3.63) is 18.2 Å². The molecular weight excluding hydrogens is 240 g/mol. The highest BCUT2D eigenvalue weighted by molar-refractivity contribution is 7.99. The van der Waals surface area contributed by atoms with Crippen LogP contribution in [0.15, 0.2) is 23.1 Å². The molecule has 0 saturated heterocycles. The van der Waals surface area contributed by atoms with Crippen LogP contribution >= 0.6 is 11.8 Å². The molecule has 17 heavy (non-hydrogen) atoms. The molecule has 1 heterocycles. The Morgan fingerprint density at radius 2 is 2.00 bits per heavy atom. The van der Waals surface area contributed by atoms with Crippen LogP contribution in [0.4, 0.5) is 0 Å². The van der Waals surface area contributed by atoms with Gasteiger partial charge in [-0.2, -0.15) is 0 Å². The Kier molecular flexibility index (Phi) is 4.97. The van der Waals surface area contributed by atoms with Gasteiger partial charge in [-0.05, 0) is 18.2 Å². The van der Waals surface area contributed by atoms with Gasteiger partial charge in [0.15, 0.2) is 11.5 Å². The number of rotatable bonds is 6. The lowest BCUT2D eigenvalue weighted by atomic mass is 10.3. The average Bonchev–Trinajstić information content (AvgIpc) is 2.38. The second kappa shape index (κ2) is 6.74. The van der Waals surface area contributed by atoms with Crippen LogP contribution in [0.25, 0.3) is 0 Å². The van der Waals surface area contributed by atoms with Gasteiger partial charge in [0.1, 0.15) is 13.2 Å². The zero-order valence-electron chi connectivity index (χ0n) is 9.55. The first-order valence-corrected chi connectivity index (χ1v) is 6.60. The van der Waals surface area contributed by atoms with Crippen LogP contribution in [0.5, 0.6) is 11.5 Å². The number of benzene rings is 1. The van der Waals surface area contributed by atoms with Crippen molar-refractivity contribution in [2.24, 2.45) is 0 Å². The van der Waals surface area contributed by atoms with E-state index in [1.54, 1.807) is 11.8 Å². The maximum Gasteiger partial charge on any atom is 0.162 e. The van der Waals surface area contributed by atoms with E-state index in [1.807, 2.05) is 18.2 Å². The average molecular weight is 256 g/mol. The van der Waals surface area contributed by atoms with Gasteiger partial charge in [-0.25, -0.2) is 0 Å². The van der Waals surface area contributed by atoms with Gasteiger partial charge >= 0.3 is 0 Å². The monoisotopic (exact) mass is 256 g/mol. The topological polar surface area (TPSA) is 47.9 Å². The normalized spacial score (nSPS) is 13.7. The zero-order chi connectivity index (χ0) is 11.9. The van der Waals surface area contributed by atoms with E-state index < -0.39 is 0 Å². The van der Waals surface area contributed by atoms with Gasteiger partial charge < -0.3 is 19.3 Å². The molecule has 0 bridgehead atoms. The van der Waals surface area contributed by atoms with Crippen LogP contribution in [-0.2, 0) is 4.74 Å². The Balaban J connectivity index is 1.81. The molecule has 0 aliphatic carbocycles. The van der Waals surface area contributed by atoms with Crippen molar-refractivity contribution in [1.29, 1.82) is 0 Å². The molecule has 4 nitrogen and oxygen atoms in total. The van der Waals surface area contributed by atoms with Crippen LogP contribution in [0.1, 0.15) is 0 Å². The molecule has 0 amide bonds. The van der Waals surface area contributed by atoms with Gasteiger partial charge in [0.2, 0.25) is 0 Å². The highest BCUT2D eigenvalue weighted by atomic mass is 32.2. The van der Waals surface area contributed by atoms with Gasteiger partial charge in [0.05, 0.1) is 19.8 Å². The maximum absolute atomic E-state index is 8.55. The Labute approximate surface area is 105 Å². The van der Waals surface area contributed by atoms with Gasteiger partial charge in [0.25, 0.3) is 0 Å². The molecule has 2 rings (SSSR count). The van der Waals surface area contributed by atoms with Crippen LogP contribution < -0.4 is 9.47 Å². The van der Waals surface area contributed by atoms with Crippen molar-refractivity contribution < 1.29 is 19.3 Å². The lowest BCUT2D eigenvalue weighted by Gasteiger charge is -2.18. The van der Waals surface area contributed by atoms with E-state index in [2.05, 4.69) is 0 Å². The van der Waals surface area contributed by atoms with Gasteiger partial charge in [-0.3, -0.25) is 0 Å². The summed E-state index contributed by atoms with van der Waals surface area (Å²) in [4.78, 5) is 1.14. The second-order valence-electron chi connectivity index (χ2n) is 3.49. The molecule has 0 spiro atoms. The predicted molar refractivity (Wildman–Crippen MR) is 66.1 cm³/mol. The minimum absolute atomic E-state index is 0.0781. The molecule has 5 heteroatoms. The lowest BCUT2D eigenvalue weighted by molar-refractivity contribution is 0.103. The quantitative estimate of drug-likeness (QED) is 0.618. The Bertz CT molecular complexity index is 356. The molecule has 0 unspecified atom stereocenters. The van der Waals surface area contributed by atoms with E-state index in [0.29, 0.717) is 26.4 Å². The Hall–Kier alpha value is -0.910. The van der Waals surface area contributed by atoms with E-state index in [-0.39, 0.29) is 6.61 Å². The van der Waals surface area contributed by atoms with E-state index in [0.717, 1.165) is 22.1 Å². The van der Waals surface area contributed by atoms with E-state index in [4.69, 9.17) is 19.3 Å². The Morgan fingerprint density at radius 3 is 2.82 bits per heavy atom. The molecule has 1 aromatic rings. The third kappa shape index (κ3) is 3.80. The summed E-state index contributed by atoms with van der Waals surface area (Å²) >= 11 is 1.70. The number of aliphatic hydroxyl groups is 1. The van der Waals surface area contributed by atoms with Crippen molar-refractivity contribution in [2.45, 2.75) is 4.90 Å². The van der Waals surface area contributed by atoms with Crippen molar-refractivity contribution in [2.75, 3.05) is 38.8 Å². The largest absolute Gasteiger partial charge is 0.486 e. The van der Waals surface area contributed by atoms with Crippen LogP contribution in [-0.4, -0.2) is 43.9 Å². The fourth-order valence-corrected chi connectivity index (χ4v) is 2.29. The van der Waals surface area contributed by atoms with Gasteiger partial charge in [0, 0.05) is 10.6 Å². The minimum Gasteiger partial charge on any atom is -0.486 e. The molecule has 0 fully saturated rings. The van der Waals surface area contributed by atoms with Gasteiger partial charge in [-0.15, -0.1) is 11.8 Å². The number of aliphatic hydroxyl groups excluding tert-OH is 1. The Morgan fingerprint density at radius 1 is 1.18 bits per heavy atom. The smallest absolute Gasteiger partial charge is 0.162 e. The van der Waals surface area contributed by atoms with Crippen molar-refractivity contribution in [1.82, 2.24) is 0 Å². The van der Waals surface area contributed by atoms with E-state index in [9.17, 15) is 0 Å². The third-order valence-corrected chi connectivity index (χ3v) is 3.20. The fraction of sp³-hybridized carbons (Fsp3) is 0.500. The molecular formula is C12H16O4S. The molecule has 0 radical (unpaired) electrons. The van der Waals surface area contributed by atoms with Crippen LogP contribution in [0.2, 0.25) is 0 Å². The zero-order valence-corrected chi connectivity index (χ0v) is 10.4. The molecule has 1 aromatic carbocycles. The molecule has 1 aliphatic heterocycles. The highest BCUT2D eigenvalue weighted by Crippen LogP contribution is 2.33. The number of ether oxygens (including phenoxy) is 3. The summed E-state index contributed by atoms with van der Waals surface area (Å²) in [6.45, 7) is 2.35. The summed E-state index contributed by atoms with van der Waals surface area (Å²) in [7, 11) is 0. The second-order valence-corrected chi connectivity index (χ2v) is 4.66. The van der Waals surface area contributed by atoms with Crippen LogP contribution in [0.3, 0.4) is 0 Å². The van der Waals surface area contributed by atoms with E-state index in [1.165, 1.54) is 0 Å². The molecule has 0 atom stereocenters. The summed E-state index contributed by atoms with van der Waals surface area (Å²) in [6, 6.07) is 5.95. The van der Waals surface area contributed by atoms with E-state index >= 15 is 0 Å². The van der Waals surface area contributed by atoms with Crippen molar-refractivity contribution in [3.63, 3.8) is 0 Å². The summed E-state index contributed by atoms with van der Waals surface area (Å²) in [6.07, 6.45) is 0. The fourth-order valence-electron chi connectivity index (χ4n) is 1.50. The maximum atomic E-state index is 8.55. The lowest BCUT2D eigenvalue weighted by Crippen LogP contribution is -2.15. The summed E-state index contributed by atoms with van der Waals surface area (Å²) in [5, 5.41) is 8.55. The summed E-state index contributed by atoms with van der Waals surface area (Å²) in [5.74, 6) is 2.49. The molecule has 0 aromatic heterocycles. The van der Waals surface area contributed by atoms with Gasteiger partial charge in [-0.1, -0.05) is 0 Å². The predicted octanol–water partition coefficient (Wildman–Crippen LogP) is 1.56. The first kappa shape index (κ1) is 12.5. The number of hydrogen-bond acceptors (Lipinski definition) is 5. The highest BCUT2D eigenvalue weighted by Gasteiger charge is 2.11. The SMILES string of the molecule is OCCOCCSc1ccc2c(c1)OCCO2.